The Kier molecular flexibility index (Phi) is 6.88. The van der Waals surface area contributed by atoms with Crippen LogP contribution in [0.2, 0.25) is 0 Å². The van der Waals surface area contributed by atoms with Crippen molar-refractivity contribution in [1.82, 2.24) is 0 Å². The lowest BCUT2D eigenvalue weighted by molar-refractivity contribution is -0.114. The number of hydrogen-bond donors (Lipinski definition) is 2. The van der Waals surface area contributed by atoms with Crippen LogP contribution in [0.15, 0.2) is 83.3 Å². The van der Waals surface area contributed by atoms with Gasteiger partial charge >= 0.3 is 0 Å². The largest absolute Gasteiger partial charge is 0.493 e. The second-order valence-corrected chi connectivity index (χ2v) is 6.93. The number of amides is 1. The van der Waals surface area contributed by atoms with Gasteiger partial charge in [-0.15, -0.1) is 0 Å². The van der Waals surface area contributed by atoms with E-state index in [1.807, 2.05) is 66.7 Å². The Morgan fingerprint density at radius 3 is 2.22 bits per heavy atom. The summed E-state index contributed by atoms with van der Waals surface area (Å²) in [6.45, 7) is 0.823. The monoisotopic (exact) mass is 424 g/mol. The van der Waals surface area contributed by atoms with Crippen molar-refractivity contribution in [2.45, 2.75) is 6.42 Å². The van der Waals surface area contributed by atoms with Gasteiger partial charge in [0.1, 0.15) is 5.75 Å². The molecule has 2 N–H and O–H groups in total. The Morgan fingerprint density at radius 2 is 1.52 bits per heavy atom. The summed E-state index contributed by atoms with van der Waals surface area (Å²) in [6, 6.07) is 25.3. The van der Waals surface area contributed by atoms with Gasteiger partial charge in [0, 0.05) is 22.3 Å². The standard InChI is InChI=1S/C22H21BrN2O2/c23-18-6-8-19(9-7-18)24-16-22(26)25-20-10-12-21(13-11-20)27-15-14-17-4-2-1-3-5-17/h1-13,24H,14-16H2,(H,25,26). The molecule has 1 amide bonds. The lowest BCUT2D eigenvalue weighted by Crippen LogP contribution is -2.21. The van der Waals surface area contributed by atoms with Crippen LogP contribution in [-0.2, 0) is 11.2 Å². The third-order valence-electron chi connectivity index (χ3n) is 3.94. The van der Waals surface area contributed by atoms with E-state index in [4.69, 9.17) is 4.74 Å². The number of benzene rings is 3. The van der Waals surface area contributed by atoms with E-state index in [1.54, 1.807) is 0 Å². The van der Waals surface area contributed by atoms with E-state index in [0.717, 1.165) is 28.0 Å². The zero-order valence-electron chi connectivity index (χ0n) is 14.8. The summed E-state index contributed by atoms with van der Waals surface area (Å²) in [6.07, 6.45) is 0.862. The van der Waals surface area contributed by atoms with E-state index in [-0.39, 0.29) is 12.5 Å². The fourth-order valence-corrected chi connectivity index (χ4v) is 2.79. The minimum absolute atomic E-state index is 0.101. The molecule has 0 aliphatic heterocycles. The highest BCUT2D eigenvalue weighted by molar-refractivity contribution is 9.10. The van der Waals surface area contributed by atoms with Crippen molar-refractivity contribution in [3.8, 4) is 5.75 Å². The van der Waals surface area contributed by atoms with Gasteiger partial charge in [-0.25, -0.2) is 0 Å². The van der Waals surface area contributed by atoms with Crippen molar-refractivity contribution in [2.24, 2.45) is 0 Å². The first kappa shape index (κ1) is 19.0. The zero-order valence-corrected chi connectivity index (χ0v) is 16.4. The highest BCUT2D eigenvalue weighted by atomic mass is 79.9. The molecule has 138 valence electrons. The molecule has 4 nitrogen and oxygen atoms in total. The number of rotatable bonds is 8. The lowest BCUT2D eigenvalue weighted by Gasteiger charge is -2.10. The van der Waals surface area contributed by atoms with E-state index >= 15 is 0 Å². The van der Waals surface area contributed by atoms with Crippen LogP contribution in [-0.4, -0.2) is 19.1 Å². The average molecular weight is 425 g/mol. The summed E-state index contributed by atoms with van der Waals surface area (Å²) in [5.41, 5.74) is 2.89. The van der Waals surface area contributed by atoms with Crippen molar-refractivity contribution >= 4 is 33.2 Å². The van der Waals surface area contributed by atoms with E-state index in [0.29, 0.717) is 6.61 Å². The normalized spacial score (nSPS) is 10.3. The molecule has 0 aliphatic carbocycles. The highest BCUT2D eigenvalue weighted by Gasteiger charge is 2.03. The van der Waals surface area contributed by atoms with E-state index < -0.39 is 0 Å². The SMILES string of the molecule is O=C(CNc1ccc(Br)cc1)Nc1ccc(OCCc2ccccc2)cc1. The summed E-state index contributed by atoms with van der Waals surface area (Å²) in [5.74, 6) is 0.688. The number of hydrogen-bond acceptors (Lipinski definition) is 3. The molecule has 0 atom stereocenters. The molecule has 0 aliphatic rings. The molecular formula is C22H21BrN2O2. The first-order valence-corrected chi connectivity index (χ1v) is 9.54. The maximum Gasteiger partial charge on any atom is 0.243 e. The van der Waals surface area contributed by atoms with E-state index in [9.17, 15) is 4.79 Å². The number of ether oxygens (including phenoxy) is 1. The quantitative estimate of drug-likeness (QED) is 0.527. The molecule has 0 radical (unpaired) electrons. The van der Waals surface area contributed by atoms with E-state index in [2.05, 4.69) is 38.7 Å². The van der Waals surface area contributed by atoms with Crippen LogP contribution in [0.5, 0.6) is 5.75 Å². The molecule has 5 heteroatoms. The number of anilines is 2. The summed E-state index contributed by atoms with van der Waals surface area (Å²) in [4.78, 5) is 12.1. The maximum absolute atomic E-state index is 12.1. The molecule has 0 saturated heterocycles. The molecule has 0 saturated carbocycles. The third kappa shape index (κ3) is 6.46. The molecule has 0 unspecified atom stereocenters. The molecular weight excluding hydrogens is 404 g/mol. The van der Waals surface area contributed by atoms with Crippen molar-refractivity contribution < 1.29 is 9.53 Å². The van der Waals surface area contributed by atoms with Crippen LogP contribution < -0.4 is 15.4 Å². The van der Waals surface area contributed by atoms with Crippen LogP contribution in [0.1, 0.15) is 5.56 Å². The zero-order chi connectivity index (χ0) is 18.9. The molecule has 27 heavy (non-hydrogen) atoms. The Morgan fingerprint density at radius 1 is 0.852 bits per heavy atom. The van der Waals surface area contributed by atoms with Gasteiger partial charge in [-0.2, -0.15) is 0 Å². The van der Waals surface area contributed by atoms with Crippen LogP contribution in [0.25, 0.3) is 0 Å². The molecule has 0 aromatic heterocycles. The smallest absolute Gasteiger partial charge is 0.243 e. The van der Waals surface area contributed by atoms with E-state index in [1.165, 1.54) is 5.56 Å². The Hall–Kier alpha value is -2.79. The average Bonchev–Trinajstić information content (AvgIpc) is 2.70. The topological polar surface area (TPSA) is 50.4 Å². The second kappa shape index (κ2) is 9.78. The fraction of sp³-hybridized carbons (Fsp3) is 0.136. The molecule has 0 heterocycles. The van der Waals surface area contributed by atoms with Crippen LogP contribution in [0.4, 0.5) is 11.4 Å². The number of halogens is 1. The van der Waals surface area contributed by atoms with Crippen LogP contribution in [0, 0.1) is 0 Å². The number of carbonyl (C=O) groups is 1. The van der Waals surface area contributed by atoms with Crippen LogP contribution in [0.3, 0.4) is 0 Å². The van der Waals surface area contributed by atoms with Gasteiger partial charge < -0.3 is 15.4 Å². The van der Waals surface area contributed by atoms with Gasteiger partial charge in [-0.05, 0) is 54.1 Å². The maximum atomic E-state index is 12.1. The molecule has 0 bridgehead atoms. The Bertz CT molecular complexity index is 850. The minimum atomic E-state index is -0.101. The Balaban J connectivity index is 1.41. The minimum Gasteiger partial charge on any atom is -0.493 e. The van der Waals surface area contributed by atoms with Gasteiger partial charge in [0.05, 0.1) is 13.2 Å². The first-order chi connectivity index (χ1) is 13.2. The molecule has 3 aromatic carbocycles. The number of nitrogens with one attached hydrogen (secondary N) is 2. The van der Waals surface area contributed by atoms with Gasteiger partial charge in [0.25, 0.3) is 0 Å². The van der Waals surface area contributed by atoms with Crippen LogP contribution >= 0.6 is 15.9 Å². The summed E-state index contributed by atoms with van der Waals surface area (Å²) in [7, 11) is 0. The summed E-state index contributed by atoms with van der Waals surface area (Å²) >= 11 is 3.39. The second-order valence-electron chi connectivity index (χ2n) is 6.02. The lowest BCUT2D eigenvalue weighted by atomic mass is 10.2. The van der Waals surface area contributed by atoms with Crippen molar-refractivity contribution in [2.75, 3.05) is 23.8 Å². The summed E-state index contributed by atoms with van der Waals surface area (Å²) < 4.78 is 6.76. The molecule has 3 rings (SSSR count). The van der Waals surface area contributed by atoms with Crippen molar-refractivity contribution in [1.29, 1.82) is 0 Å². The third-order valence-corrected chi connectivity index (χ3v) is 4.47. The predicted octanol–water partition coefficient (Wildman–Crippen LogP) is 5.12. The fourth-order valence-electron chi connectivity index (χ4n) is 2.52. The Labute approximate surface area is 167 Å². The van der Waals surface area contributed by atoms with Gasteiger partial charge in [0.15, 0.2) is 0 Å². The molecule has 3 aromatic rings. The predicted molar refractivity (Wildman–Crippen MR) is 113 cm³/mol. The first-order valence-electron chi connectivity index (χ1n) is 8.75. The van der Waals surface area contributed by atoms with Gasteiger partial charge in [-0.1, -0.05) is 46.3 Å². The summed E-state index contributed by atoms with van der Waals surface area (Å²) in [5, 5.41) is 5.96. The van der Waals surface area contributed by atoms with Crippen molar-refractivity contribution in [3.05, 3.63) is 88.9 Å². The van der Waals surface area contributed by atoms with Gasteiger partial charge in [-0.3, -0.25) is 4.79 Å². The number of carbonyl (C=O) groups excluding carboxylic acids is 1. The highest BCUT2D eigenvalue weighted by Crippen LogP contribution is 2.17. The van der Waals surface area contributed by atoms with Gasteiger partial charge in [0.2, 0.25) is 5.91 Å². The molecule has 0 spiro atoms. The van der Waals surface area contributed by atoms with Crippen molar-refractivity contribution in [3.63, 3.8) is 0 Å². The molecule has 0 fully saturated rings.